The van der Waals surface area contributed by atoms with Gasteiger partial charge in [0.2, 0.25) is 0 Å². The fourth-order valence-electron chi connectivity index (χ4n) is 3.28. The number of nitrogens with two attached hydrogens (primary N) is 1. The zero-order valence-corrected chi connectivity index (χ0v) is 12.7. The number of likely N-dealkylation sites (tertiary alicyclic amines) is 1. The van der Waals surface area contributed by atoms with Crippen molar-refractivity contribution in [2.45, 2.75) is 45.1 Å². The SMILES string of the molecule is CC(C)CCCN1CCOC2(CCN(CN)CC2)C1. The Hall–Kier alpha value is -0.160. The maximum Gasteiger partial charge on any atom is 0.0833 e. The first-order valence-electron chi connectivity index (χ1n) is 7.92. The largest absolute Gasteiger partial charge is 0.372 e. The minimum absolute atomic E-state index is 0.127. The van der Waals surface area contributed by atoms with Crippen LogP contribution in [0.4, 0.5) is 0 Å². The number of hydrogen-bond acceptors (Lipinski definition) is 4. The van der Waals surface area contributed by atoms with Gasteiger partial charge in [0.15, 0.2) is 0 Å². The quantitative estimate of drug-likeness (QED) is 0.821. The zero-order valence-electron chi connectivity index (χ0n) is 12.7. The lowest BCUT2D eigenvalue weighted by Crippen LogP contribution is -2.57. The zero-order chi connectivity index (χ0) is 13.7. The third-order valence-electron chi connectivity index (χ3n) is 4.61. The predicted octanol–water partition coefficient (Wildman–Crippen LogP) is 1.51. The summed E-state index contributed by atoms with van der Waals surface area (Å²) in [6.07, 6.45) is 4.95. The van der Waals surface area contributed by atoms with E-state index in [1.165, 1.54) is 19.4 Å². The lowest BCUT2D eigenvalue weighted by atomic mass is 9.89. The standard InChI is InChI=1S/C15H31N3O/c1-14(2)4-3-7-17-10-11-19-15(12-17)5-8-18(13-16)9-6-15/h14H,3-13,16H2,1-2H3. The van der Waals surface area contributed by atoms with E-state index < -0.39 is 0 Å². The van der Waals surface area contributed by atoms with E-state index in [1.54, 1.807) is 0 Å². The highest BCUT2D eigenvalue weighted by Crippen LogP contribution is 2.30. The van der Waals surface area contributed by atoms with E-state index in [2.05, 4.69) is 23.6 Å². The summed E-state index contributed by atoms with van der Waals surface area (Å²) in [7, 11) is 0. The van der Waals surface area contributed by atoms with E-state index in [4.69, 9.17) is 10.5 Å². The second-order valence-electron chi connectivity index (χ2n) is 6.64. The first kappa shape index (κ1) is 15.2. The van der Waals surface area contributed by atoms with Crippen molar-refractivity contribution in [3.05, 3.63) is 0 Å². The van der Waals surface area contributed by atoms with Gasteiger partial charge >= 0.3 is 0 Å². The second kappa shape index (κ2) is 7.02. The third kappa shape index (κ3) is 4.42. The smallest absolute Gasteiger partial charge is 0.0833 e. The first-order valence-corrected chi connectivity index (χ1v) is 7.92. The molecule has 4 heteroatoms. The fraction of sp³-hybridized carbons (Fsp3) is 1.00. The summed E-state index contributed by atoms with van der Waals surface area (Å²) in [5.41, 5.74) is 5.84. The summed E-state index contributed by atoms with van der Waals surface area (Å²) in [5, 5.41) is 0. The van der Waals surface area contributed by atoms with Crippen LogP contribution in [0.3, 0.4) is 0 Å². The molecule has 112 valence electrons. The molecule has 2 aliphatic heterocycles. The normalized spacial score (nSPS) is 25.3. The Kier molecular flexibility index (Phi) is 5.63. The molecule has 2 N–H and O–H groups in total. The van der Waals surface area contributed by atoms with Gasteiger partial charge in [0, 0.05) is 32.8 Å². The highest BCUT2D eigenvalue weighted by atomic mass is 16.5. The lowest BCUT2D eigenvalue weighted by Gasteiger charge is -2.47. The second-order valence-corrected chi connectivity index (χ2v) is 6.64. The number of morpholine rings is 1. The van der Waals surface area contributed by atoms with Crippen LogP contribution in [-0.4, -0.2) is 61.4 Å². The molecule has 4 nitrogen and oxygen atoms in total. The van der Waals surface area contributed by atoms with Crippen LogP contribution in [0, 0.1) is 5.92 Å². The number of nitrogens with zero attached hydrogens (tertiary/aromatic N) is 2. The summed E-state index contributed by atoms with van der Waals surface area (Å²) < 4.78 is 6.15. The van der Waals surface area contributed by atoms with Crippen LogP contribution < -0.4 is 5.73 Å². The predicted molar refractivity (Wildman–Crippen MR) is 79.1 cm³/mol. The van der Waals surface area contributed by atoms with Crippen molar-refractivity contribution in [1.82, 2.24) is 9.80 Å². The van der Waals surface area contributed by atoms with E-state index in [0.29, 0.717) is 6.67 Å². The summed E-state index contributed by atoms with van der Waals surface area (Å²) in [6, 6.07) is 0. The molecule has 0 atom stereocenters. The molecule has 0 saturated carbocycles. The van der Waals surface area contributed by atoms with Gasteiger partial charge in [-0.2, -0.15) is 0 Å². The average Bonchev–Trinajstić information content (AvgIpc) is 2.39. The van der Waals surface area contributed by atoms with Crippen LogP contribution >= 0.6 is 0 Å². The van der Waals surface area contributed by atoms with E-state index in [1.807, 2.05) is 0 Å². The Morgan fingerprint density at radius 2 is 1.89 bits per heavy atom. The first-order chi connectivity index (χ1) is 9.13. The molecule has 0 aromatic heterocycles. The molecule has 0 amide bonds. The van der Waals surface area contributed by atoms with E-state index >= 15 is 0 Å². The molecule has 19 heavy (non-hydrogen) atoms. The van der Waals surface area contributed by atoms with Crippen molar-refractivity contribution in [3.63, 3.8) is 0 Å². The molecule has 2 aliphatic rings. The van der Waals surface area contributed by atoms with Gasteiger partial charge < -0.3 is 10.5 Å². The minimum atomic E-state index is 0.127. The molecule has 2 saturated heterocycles. The monoisotopic (exact) mass is 269 g/mol. The van der Waals surface area contributed by atoms with Crippen molar-refractivity contribution >= 4 is 0 Å². The summed E-state index contributed by atoms with van der Waals surface area (Å²) in [5.74, 6) is 0.822. The molecule has 0 unspecified atom stereocenters. The van der Waals surface area contributed by atoms with Gasteiger partial charge in [-0.3, -0.25) is 9.80 Å². The van der Waals surface area contributed by atoms with Gasteiger partial charge in [-0.05, 0) is 38.1 Å². The van der Waals surface area contributed by atoms with Crippen LogP contribution in [0.25, 0.3) is 0 Å². The highest BCUT2D eigenvalue weighted by molar-refractivity contribution is 4.92. The van der Waals surface area contributed by atoms with Crippen LogP contribution in [-0.2, 0) is 4.74 Å². The molecule has 2 heterocycles. The van der Waals surface area contributed by atoms with E-state index in [-0.39, 0.29) is 5.60 Å². The van der Waals surface area contributed by atoms with Gasteiger partial charge in [0.25, 0.3) is 0 Å². The minimum Gasteiger partial charge on any atom is -0.372 e. The van der Waals surface area contributed by atoms with Gasteiger partial charge in [0.05, 0.1) is 12.2 Å². The van der Waals surface area contributed by atoms with Crippen LogP contribution in [0.5, 0.6) is 0 Å². The number of piperidine rings is 1. The molecule has 0 bridgehead atoms. The highest BCUT2D eigenvalue weighted by Gasteiger charge is 2.39. The van der Waals surface area contributed by atoms with Crippen molar-refractivity contribution in [2.24, 2.45) is 11.7 Å². The maximum atomic E-state index is 6.15. The maximum absolute atomic E-state index is 6.15. The molecule has 0 aromatic carbocycles. The van der Waals surface area contributed by atoms with Gasteiger partial charge in [-0.15, -0.1) is 0 Å². The molecule has 1 spiro atoms. The molecular weight excluding hydrogens is 238 g/mol. The summed E-state index contributed by atoms with van der Waals surface area (Å²) in [6.45, 7) is 11.9. The van der Waals surface area contributed by atoms with E-state index in [9.17, 15) is 0 Å². The topological polar surface area (TPSA) is 41.7 Å². The molecular formula is C15H31N3O. The lowest BCUT2D eigenvalue weighted by molar-refractivity contribution is -0.135. The van der Waals surface area contributed by atoms with Crippen LogP contribution in [0.2, 0.25) is 0 Å². The number of hydrogen-bond donors (Lipinski definition) is 1. The van der Waals surface area contributed by atoms with Crippen LogP contribution in [0.15, 0.2) is 0 Å². The summed E-state index contributed by atoms with van der Waals surface area (Å²) in [4.78, 5) is 4.94. The molecule has 2 rings (SSSR count). The average molecular weight is 269 g/mol. The van der Waals surface area contributed by atoms with Gasteiger partial charge in [-0.1, -0.05) is 13.8 Å². The fourth-order valence-corrected chi connectivity index (χ4v) is 3.28. The van der Waals surface area contributed by atoms with Crippen LogP contribution in [0.1, 0.15) is 39.5 Å². The van der Waals surface area contributed by atoms with Crippen molar-refractivity contribution < 1.29 is 4.74 Å². The van der Waals surface area contributed by atoms with Gasteiger partial charge in [0.1, 0.15) is 0 Å². The summed E-state index contributed by atoms with van der Waals surface area (Å²) >= 11 is 0. The van der Waals surface area contributed by atoms with Gasteiger partial charge in [-0.25, -0.2) is 0 Å². The van der Waals surface area contributed by atoms with Crippen molar-refractivity contribution in [2.75, 3.05) is 46.0 Å². The Bertz CT molecular complexity index is 262. The van der Waals surface area contributed by atoms with E-state index in [0.717, 1.165) is 51.5 Å². The molecule has 2 fully saturated rings. The molecule has 0 radical (unpaired) electrons. The molecule has 0 aromatic rings. The Morgan fingerprint density at radius 3 is 2.53 bits per heavy atom. The van der Waals surface area contributed by atoms with Crippen molar-refractivity contribution in [1.29, 1.82) is 0 Å². The molecule has 0 aliphatic carbocycles. The number of ether oxygens (including phenoxy) is 1. The third-order valence-corrected chi connectivity index (χ3v) is 4.61. The number of rotatable bonds is 5. The van der Waals surface area contributed by atoms with Crippen molar-refractivity contribution in [3.8, 4) is 0 Å². The Labute approximate surface area is 118 Å². The Morgan fingerprint density at radius 1 is 1.16 bits per heavy atom. The Balaban J connectivity index is 1.77.